The quantitative estimate of drug-likeness (QED) is 0.177. The first-order valence-electron chi connectivity index (χ1n) is 13.4. The summed E-state index contributed by atoms with van der Waals surface area (Å²) in [6.07, 6.45) is 4.18. The van der Waals surface area contributed by atoms with Crippen LogP contribution in [0.5, 0.6) is 17.4 Å². The number of nitrogens with two attached hydrogens (primary N) is 1. The molecule has 0 aliphatic heterocycles. The zero-order valence-electron chi connectivity index (χ0n) is 24.5. The molecule has 3 aromatic carbocycles. The van der Waals surface area contributed by atoms with E-state index in [0.717, 1.165) is 29.0 Å². The first-order valence-corrected chi connectivity index (χ1v) is 15.3. The van der Waals surface area contributed by atoms with Crippen molar-refractivity contribution in [2.45, 2.75) is 46.0 Å². The van der Waals surface area contributed by atoms with E-state index in [-0.39, 0.29) is 22.7 Å². The molecule has 0 bridgehead atoms. The number of rotatable bonds is 9. The monoisotopic (exact) mass is 592 g/mol. The summed E-state index contributed by atoms with van der Waals surface area (Å²) in [6, 6.07) is 13.8. The highest BCUT2D eigenvalue weighted by Crippen LogP contribution is 2.40. The van der Waals surface area contributed by atoms with Crippen molar-refractivity contribution in [1.29, 1.82) is 0 Å². The number of aromatic nitrogens is 2. The second-order valence-corrected chi connectivity index (χ2v) is 12.6. The van der Waals surface area contributed by atoms with Crippen molar-refractivity contribution in [3.05, 3.63) is 66.1 Å². The summed E-state index contributed by atoms with van der Waals surface area (Å²) < 4.78 is 38.2. The number of amides is 2. The summed E-state index contributed by atoms with van der Waals surface area (Å²) in [4.78, 5) is 22.0. The van der Waals surface area contributed by atoms with Gasteiger partial charge in [0.05, 0.1) is 36.6 Å². The van der Waals surface area contributed by atoms with Crippen molar-refractivity contribution in [1.82, 2.24) is 9.97 Å². The number of hydrogen-bond acceptors (Lipinski definition) is 8. The molecule has 4 aromatic rings. The Morgan fingerprint density at radius 3 is 2.31 bits per heavy atom. The van der Waals surface area contributed by atoms with Crippen molar-refractivity contribution in [3.8, 4) is 17.4 Å². The van der Waals surface area contributed by atoms with Crippen LogP contribution in [0.2, 0.25) is 0 Å². The van der Waals surface area contributed by atoms with Crippen LogP contribution in [0.1, 0.15) is 45.5 Å². The molecule has 0 fully saturated rings. The van der Waals surface area contributed by atoms with Crippen LogP contribution >= 0.6 is 0 Å². The van der Waals surface area contributed by atoms with E-state index in [1.807, 2.05) is 52.0 Å². The number of carbonyl (C=O) groups excluding carboxylic acids is 1. The number of aryl methyl sites for hydroxylation is 1. The van der Waals surface area contributed by atoms with Gasteiger partial charge in [0.15, 0.2) is 5.75 Å². The summed E-state index contributed by atoms with van der Waals surface area (Å²) in [5.41, 5.74) is 7.91. The number of hydrogen-bond donors (Lipinski definition) is 4. The molecule has 0 spiro atoms. The predicted octanol–water partition coefficient (Wildman–Crippen LogP) is 6.28. The molecule has 0 radical (unpaired) electrons. The first kappa shape index (κ1) is 30.4. The largest absolute Gasteiger partial charge is 0.492 e. The number of fused-ring (bicyclic) bond motifs is 1. The summed E-state index contributed by atoms with van der Waals surface area (Å²) in [6.45, 7) is 7.99. The minimum Gasteiger partial charge on any atom is -0.492 e. The molecule has 1 aromatic heterocycles. The van der Waals surface area contributed by atoms with Crippen LogP contribution < -0.4 is 30.6 Å². The first-order chi connectivity index (χ1) is 19.8. The number of ether oxygens (including phenoxy) is 2. The third kappa shape index (κ3) is 7.19. The van der Waals surface area contributed by atoms with Crippen molar-refractivity contribution >= 4 is 49.6 Å². The molecule has 5 N–H and O–H groups in total. The molecule has 0 atom stereocenters. The molecule has 42 heavy (non-hydrogen) atoms. The SMILES string of the molecule is CCCc1ncc(N)c(Oc2ccc(NC(=O)Nc3cc(C(C)(C)C)cc(NS(C)(=O)=O)c3OC)c3ccccc23)n1. The Balaban J connectivity index is 1.66. The topological polar surface area (TPSA) is 158 Å². The number of nitrogens with one attached hydrogen (secondary N) is 3. The fraction of sp³-hybridized carbons (Fsp3) is 0.300. The second kappa shape index (κ2) is 12.1. The fourth-order valence-corrected chi connectivity index (χ4v) is 4.89. The van der Waals surface area contributed by atoms with E-state index in [1.54, 1.807) is 24.3 Å². The van der Waals surface area contributed by atoms with E-state index >= 15 is 0 Å². The third-order valence-electron chi connectivity index (χ3n) is 6.35. The number of urea groups is 1. The van der Waals surface area contributed by atoms with E-state index in [9.17, 15) is 13.2 Å². The van der Waals surface area contributed by atoms with Gasteiger partial charge >= 0.3 is 6.03 Å². The maximum Gasteiger partial charge on any atom is 0.323 e. The molecular weight excluding hydrogens is 556 g/mol. The Morgan fingerprint density at radius 1 is 1.00 bits per heavy atom. The number of sulfonamides is 1. The number of methoxy groups -OCH3 is 1. The van der Waals surface area contributed by atoms with Crippen molar-refractivity contribution in [2.24, 2.45) is 0 Å². The number of nitrogen functional groups attached to an aromatic ring is 1. The van der Waals surface area contributed by atoms with E-state index in [1.165, 1.54) is 13.3 Å². The second-order valence-electron chi connectivity index (χ2n) is 10.9. The molecular formula is C30H36N6O5S. The zero-order valence-corrected chi connectivity index (χ0v) is 25.3. The summed E-state index contributed by atoms with van der Waals surface area (Å²) >= 11 is 0. The van der Waals surface area contributed by atoms with Gasteiger partial charge in [0.1, 0.15) is 17.3 Å². The summed E-state index contributed by atoms with van der Waals surface area (Å²) in [5, 5.41) is 7.16. The van der Waals surface area contributed by atoms with E-state index in [4.69, 9.17) is 15.2 Å². The van der Waals surface area contributed by atoms with Gasteiger partial charge in [0.2, 0.25) is 15.9 Å². The lowest BCUT2D eigenvalue weighted by molar-refractivity contribution is 0.262. The molecule has 12 heteroatoms. The highest BCUT2D eigenvalue weighted by molar-refractivity contribution is 7.92. The van der Waals surface area contributed by atoms with E-state index < -0.39 is 16.1 Å². The van der Waals surface area contributed by atoms with Crippen LogP contribution in [0.4, 0.5) is 27.5 Å². The predicted molar refractivity (Wildman–Crippen MR) is 167 cm³/mol. The standard InChI is InChI=1S/C30H36N6O5S/c1-7-10-26-32-17-21(31)28(35-26)41-25-14-13-22(19-11-8-9-12-20(19)25)33-29(37)34-23-15-18(30(2,3)4)16-24(27(23)40-5)36-42(6,38)39/h8-9,11-17,36H,7,10,31H2,1-6H3,(H2,33,34,37). The Morgan fingerprint density at radius 2 is 1.67 bits per heavy atom. The highest BCUT2D eigenvalue weighted by Gasteiger charge is 2.22. The van der Waals surface area contributed by atoms with Gasteiger partial charge in [-0.25, -0.2) is 18.2 Å². The van der Waals surface area contributed by atoms with Gasteiger partial charge in [-0.05, 0) is 41.7 Å². The number of carbonyl (C=O) groups is 1. The van der Waals surface area contributed by atoms with Crippen LogP contribution in [0.25, 0.3) is 10.8 Å². The lowest BCUT2D eigenvalue weighted by Gasteiger charge is -2.24. The third-order valence-corrected chi connectivity index (χ3v) is 6.94. The van der Waals surface area contributed by atoms with Gasteiger partial charge in [-0.2, -0.15) is 4.98 Å². The van der Waals surface area contributed by atoms with Gasteiger partial charge in [0, 0.05) is 17.2 Å². The van der Waals surface area contributed by atoms with Gasteiger partial charge in [-0.1, -0.05) is 52.0 Å². The van der Waals surface area contributed by atoms with Crippen LogP contribution in [0.3, 0.4) is 0 Å². The molecule has 222 valence electrons. The average Bonchev–Trinajstić information content (AvgIpc) is 2.90. The van der Waals surface area contributed by atoms with E-state index in [2.05, 4.69) is 25.3 Å². The number of benzene rings is 3. The molecule has 0 aliphatic carbocycles. The van der Waals surface area contributed by atoms with Crippen LogP contribution in [0.15, 0.2) is 54.7 Å². The Bertz CT molecular complexity index is 1730. The lowest BCUT2D eigenvalue weighted by atomic mass is 9.86. The molecule has 0 saturated heterocycles. The molecule has 0 unspecified atom stereocenters. The maximum absolute atomic E-state index is 13.3. The van der Waals surface area contributed by atoms with Crippen molar-refractivity contribution in [2.75, 3.05) is 34.5 Å². The molecule has 4 rings (SSSR count). The van der Waals surface area contributed by atoms with Crippen molar-refractivity contribution < 1.29 is 22.7 Å². The normalized spacial score (nSPS) is 11.7. The van der Waals surface area contributed by atoms with Gasteiger partial charge in [-0.3, -0.25) is 4.72 Å². The lowest BCUT2D eigenvalue weighted by Crippen LogP contribution is -2.22. The number of nitrogens with zero attached hydrogens (tertiary/aromatic N) is 2. The molecule has 11 nitrogen and oxygen atoms in total. The summed E-state index contributed by atoms with van der Waals surface area (Å²) in [5.74, 6) is 1.60. The Kier molecular flexibility index (Phi) is 8.76. The van der Waals surface area contributed by atoms with Crippen LogP contribution in [0, 0.1) is 0 Å². The molecule has 0 aliphatic rings. The van der Waals surface area contributed by atoms with Gasteiger partial charge in [0.25, 0.3) is 0 Å². The highest BCUT2D eigenvalue weighted by atomic mass is 32.2. The number of anilines is 4. The smallest absolute Gasteiger partial charge is 0.323 e. The van der Waals surface area contributed by atoms with Crippen LogP contribution in [-0.4, -0.2) is 37.8 Å². The molecule has 0 saturated carbocycles. The minimum atomic E-state index is -3.61. The average molecular weight is 593 g/mol. The zero-order chi connectivity index (χ0) is 30.7. The van der Waals surface area contributed by atoms with Gasteiger partial charge < -0.3 is 25.8 Å². The Hall–Kier alpha value is -4.58. The maximum atomic E-state index is 13.3. The summed E-state index contributed by atoms with van der Waals surface area (Å²) in [7, 11) is -2.20. The molecule has 1 heterocycles. The fourth-order valence-electron chi connectivity index (χ4n) is 4.34. The van der Waals surface area contributed by atoms with E-state index in [0.29, 0.717) is 35.1 Å². The van der Waals surface area contributed by atoms with Crippen LogP contribution in [-0.2, 0) is 21.9 Å². The minimum absolute atomic E-state index is 0.182. The van der Waals surface area contributed by atoms with Gasteiger partial charge in [-0.15, -0.1) is 0 Å². The Labute approximate surface area is 245 Å². The molecule has 2 amide bonds. The van der Waals surface area contributed by atoms with Crippen molar-refractivity contribution in [3.63, 3.8) is 0 Å².